The van der Waals surface area contributed by atoms with Crippen LogP contribution in [0.5, 0.6) is 0 Å². The summed E-state index contributed by atoms with van der Waals surface area (Å²) in [4.78, 5) is 23.2. The highest BCUT2D eigenvalue weighted by Crippen LogP contribution is 2.28. The molecule has 0 unspecified atom stereocenters. The number of carboxylic acid groups (broad SMARTS) is 1. The van der Waals surface area contributed by atoms with Crippen LogP contribution < -0.4 is 10.6 Å². The maximum Gasteiger partial charge on any atom is 0.314 e. The van der Waals surface area contributed by atoms with E-state index in [1.165, 1.54) is 0 Å². The van der Waals surface area contributed by atoms with E-state index < -0.39 is 11.4 Å². The van der Waals surface area contributed by atoms with Crippen molar-refractivity contribution in [2.45, 2.75) is 46.5 Å². The van der Waals surface area contributed by atoms with E-state index in [0.29, 0.717) is 19.4 Å². The molecule has 0 radical (unpaired) electrons. The lowest BCUT2D eigenvalue weighted by molar-refractivity contribution is -0.149. The number of ether oxygens (including phenoxy) is 1. The maximum absolute atomic E-state index is 11.9. The number of rotatable bonds is 7. The fourth-order valence-electron chi connectivity index (χ4n) is 2.52. The Labute approximate surface area is 126 Å². The Bertz CT molecular complexity index is 361. The van der Waals surface area contributed by atoms with Crippen LogP contribution >= 0.6 is 0 Å². The highest BCUT2D eigenvalue weighted by atomic mass is 16.5. The molecule has 0 aliphatic carbocycles. The van der Waals surface area contributed by atoms with Gasteiger partial charge in [0.2, 0.25) is 0 Å². The van der Waals surface area contributed by atoms with Crippen LogP contribution in [0.25, 0.3) is 0 Å². The molecule has 1 aliphatic rings. The summed E-state index contributed by atoms with van der Waals surface area (Å²) in [7, 11) is 0. The first-order valence-corrected chi connectivity index (χ1v) is 7.70. The lowest BCUT2D eigenvalue weighted by Gasteiger charge is -2.33. The molecule has 0 bridgehead atoms. The van der Waals surface area contributed by atoms with Gasteiger partial charge in [-0.1, -0.05) is 20.8 Å². The number of nitrogens with one attached hydrogen (secondary N) is 2. The first kappa shape index (κ1) is 17.8. The molecule has 1 fully saturated rings. The summed E-state index contributed by atoms with van der Waals surface area (Å²) >= 11 is 0. The van der Waals surface area contributed by atoms with Crippen molar-refractivity contribution in [2.24, 2.45) is 10.8 Å². The van der Waals surface area contributed by atoms with Crippen molar-refractivity contribution in [3.05, 3.63) is 0 Å². The summed E-state index contributed by atoms with van der Waals surface area (Å²) in [5.41, 5.74) is -0.811. The van der Waals surface area contributed by atoms with Gasteiger partial charge in [0, 0.05) is 26.3 Å². The second-order valence-corrected chi connectivity index (χ2v) is 6.25. The molecule has 3 N–H and O–H groups in total. The summed E-state index contributed by atoms with van der Waals surface area (Å²) in [5, 5.41) is 14.9. The van der Waals surface area contributed by atoms with Gasteiger partial charge in [0.25, 0.3) is 0 Å². The molecular weight excluding hydrogens is 272 g/mol. The van der Waals surface area contributed by atoms with E-state index in [0.717, 1.165) is 26.1 Å². The SMILES string of the molecule is CCC(CC)(CNC(=O)NCC1(C)CCOCC1)C(=O)O. The van der Waals surface area contributed by atoms with Gasteiger partial charge in [-0.2, -0.15) is 0 Å². The van der Waals surface area contributed by atoms with Gasteiger partial charge in [-0.15, -0.1) is 0 Å². The average Bonchev–Trinajstić information content (AvgIpc) is 2.47. The van der Waals surface area contributed by atoms with E-state index in [2.05, 4.69) is 17.6 Å². The van der Waals surface area contributed by atoms with Gasteiger partial charge in [-0.3, -0.25) is 4.79 Å². The van der Waals surface area contributed by atoms with Crippen molar-refractivity contribution in [1.82, 2.24) is 10.6 Å². The van der Waals surface area contributed by atoms with Gasteiger partial charge >= 0.3 is 12.0 Å². The Morgan fingerprint density at radius 2 is 1.76 bits per heavy atom. The predicted octanol–water partition coefficient (Wildman–Crippen LogP) is 1.99. The molecule has 1 saturated heterocycles. The normalized spacial score (nSPS) is 18.0. The van der Waals surface area contributed by atoms with Crippen LogP contribution in [0.4, 0.5) is 4.79 Å². The van der Waals surface area contributed by atoms with Crippen molar-refractivity contribution in [3.8, 4) is 0 Å². The van der Waals surface area contributed by atoms with Crippen LogP contribution in [0.3, 0.4) is 0 Å². The molecule has 2 amide bonds. The summed E-state index contributed by atoms with van der Waals surface area (Å²) in [5.74, 6) is -0.857. The largest absolute Gasteiger partial charge is 0.481 e. The van der Waals surface area contributed by atoms with E-state index in [4.69, 9.17) is 4.74 Å². The molecule has 122 valence electrons. The van der Waals surface area contributed by atoms with Gasteiger partial charge in [0.05, 0.1) is 5.41 Å². The Morgan fingerprint density at radius 1 is 1.19 bits per heavy atom. The third-order valence-electron chi connectivity index (χ3n) is 4.77. The number of hydrogen-bond acceptors (Lipinski definition) is 3. The van der Waals surface area contributed by atoms with Crippen molar-refractivity contribution in [3.63, 3.8) is 0 Å². The van der Waals surface area contributed by atoms with E-state index in [9.17, 15) is 14.7 Å². The van der Waals surface area contributed by atoms with Crippen LogP contribution in [0.1, 0.15) is 46.5 Å². The standard InChI is InChI=1S/C15H28N2O4/c1-4-15(5-2,12(18)19)11-17-13(20)16-10-14(3)6-8-21-9-7-14/h4-11H2,1-3H3,(H,18,19)(H2,16,17,20). The monoisotopic (exact) mass is 300 g/mol. The smallest absolute Gasteiger partial charge is 0.314 e. The minimum Gasteiger partial charge on any atom is -0.481 e. The van der Waals surface area contributed by atoms with Gasteiger partial charge in [-0.05, 0) is 31.1 Å². The molecule has 0 spiro atoms. The van der Waals surface area contributed by atoms with E-state index in [1.807, 2.05) is 13.8 Å². The van der Waals surface area contributed by atoms with Gasteiger partial charge < -0.3 is 20.5 Å². The number of aliphatic carboxylic acids is 1. The third kappa shape index (κ3) is 4.88. The maximum atomic E-state index is 11.9. The number of amides is 2. The Hall–Kier alpha value is -1.30. The Morgan fingerprint density at radius 3 is 2.24 bits per heavy atom. The molecule has 6 nitrogen and oxygen atoms in total. The molecule has 1 heterocycles. The van der Waals surface area contributed by atoms with Gasteiger partial charge in [0.1, 0.15) is 0 Å². The number of urea groups is 1. The topological polar surface area (TPSA) is 87.7 Å². The fourth-order valence-corrected chi connectivity index (χ4v) is 2.52. The zero-order chi connectivity index (χ0) is 15.9. The second kappa shape index (κ2) is 7.64. The van der Waals surface area contributed by atoms with Crippen LogP contribution in [0, 0.1) is 10.8 Å². The molecule has 1 aliphatic heterocycles. The summed E-state index contributed by atoms with van der Waals surface area (Å²) in [6.07, 6.45) is 2.84. The highest BCUT2D eigenvalue weighted by Gasteiger charge is 2.35. The minimum absolute atomic E-state index is 0.0645. The molecule has 21 heavy (non-hydrogen) atoms. The van der Waals surface area contributed by atoms with Crippen LogP contribution in [0.15, 0.2) is 0 Å². The number of carbonyl (C=O) groups is 2. The van der Waals surface area contributed by atoms with Crippen molar-refractivity contribution in [2.75, 3.05) is 26.3 Å². The van der Waals surface area contributed by atoms with Crippen molar-refractivity contribution in [1.29, 1.82) is 0 Å². The second-order valence-electron chi connectivity index (χ2n) is 6.25. The average molecular weight is 300 g/mol. The highest BCUT2D eigenvalue weighted by molar-refractivity contribution is 5.78. The molecule has 1 rings (SSSR count). The van der Waals surface area contributed by atoms with Gasteiger partial charge in [-0.25, -0.2) is 4.79 Å². The molecule has 0 atom stereocenters. The number of hydrogen-bond donors (Lipinski definition) is 3. The molecule has 0 saturated carbocycles. The Kier molecular flexibility index (Phi) is 6.45. The number of carbonyl (C=O) groups excluding carboxylic acids is 1. The lowest BCUT2D eigenvalue weighted by Crippen LogP contribution is -2.48. The van der Waals surface area contributed by atoms with Crippen LogP contribution in [-0.4, -0.2) is 43.4 Å². The van der Waals surface area contributed by atoms with Crippen molar-refractivity contribution >= 4 is 12.0 Å². The predicted molar refractivity (Wildman–Crippen MR) is 80.2 cm³/mol. The zero-order valence-corrected chi connectivity index (χ0v) is 13.3. The molecule has 0 aromatic heterocycles. The van der Waals surface area contributed by atoms with Crippen molar-refractivity contribution < 1.29 is 19.4 Å². The first-order valence-electron chi connectivity index (χ1n) is 7.70. The third-order valence-corrected chi connectivity index (χ3v) is 4.77. The number of carboxylic acids is 1. The van der Waals surface area contributed by atoms with E-state index >= 15 is 0 Å². The zero-order valence-electron chi connectivity index (χ0n) is 13.3. The van der Waals surface area contributed by atoms with Crippen LogP contribution in [-0.2, 0) is 9.53 Å². The quantitative estimate of drug-likeness (QED) is 0.671. The van der Waals surface area contributed by atoms with Gasteiger partial charge in [0.15, 0.2) is 0 Å². The van der Waals surface area contributed by atoms with Crippen LogP contribution in [0.2, 0.25) is 0 Å². The molecular formula is C15H28N2O4. The lowest BCUT2D eigenvalue weighted by atomic mass is 9.82. The summed E-state index contributed by atoms with van der Waals surface area (Å²) < 4.78 is 5.33. The van der Waals surface area contributed by atoms with E-state index in [-0.39, 0.29) is 18.0 Å². The minimum atomic E-state index is -0.875. The molecule has 6 heteroatoms. The Balaban J connectivity index is 2.41. The first-order chi connectivity index (χ1) is 9.87. The van der Waals surface area contributed by atoms with E-state index in [1.54, 1.807) is 0 Å². The summed E-state index contributed by atoms with van der Waals surface area (Å²) in [6.45, 7) is 8.00. The fraction of sp³-hybridized carbons (Fsp3) is 0.867. The summed E-state index contributed by atoms with van der Waals surface area (Å²) in [6, 6.07) is -0.296. The molecule has 0 aromatic carbocycles. The molecule has 0 aromatic rings.